The topological polar surface area (TPSA) is 25.1 Å². The third kappa shape index (κ3) is 0.454. The summed E-state index contributed by atoms with van der Waals surface area (Å²) in [6.07, 6.45) is 0. The van der Waals surface area contributed by atoms with Crippen molar-refractivity contribution in [1.29, 1.82) is 0 Å². The van der Waals surface area contributed by atoms with Gasteiger partial charge in [-0.15, -0.1) is 0 Å². The molecular weight excluding hydrogens is 192 g/mol. The van der Waals surface area contributed by atoms with Gasteiger partial charge in [0, 0.05) is 0 Å². The monoisotopic (exact) mass is 194 g/mol. The van der Waals surface area contributed by atoms with Crippen molar-refractivity contribution in [2.45, 2.75) is 0 Å². The maximum atomic E-state index is 4.85. The Labute approximate surface area is 39.5 Å². The van der Waals surface area contributed by atoms with E-state index in [2.05, 4.69) is 0 Å². The Kier molecular flexibility index (Phi) is 0.513. The summed E-state index contributed by atoms with van der Waals surface area (Å²) < 4.78 is 9.71. The standard InChI is InChI=1S/Mo.2OS/c;2*1-2/q+4;2*-2. The van der Waals surface area contributed by atoms with Gasteiger partial charge >= 0.3 is 39.4 Å². The molecule has 5 heteroatoms. The van der Waals surface area contributed by atoms with E-state index in [1.165, 1.54) is 0 Å². The van der Waals surface area contributed by atoms with Crippen LogP contribution in [0.3, 0.4) is 0 Å². The van der Waals surface area contributed by atoms with Crippen LogP contribution in [0.5, 0.6) is 0 Å². The van der Waals surface area contributed by atoms with E-state index in [0.717, 1.165) is 0 Å². The quantitative estimate of drug-likeness (QED) is 0.326. The number of hydrogen-bond acceptors (Lipinski definition) is 4. The summed E-state index contributed by atoms with van der Waals surface area (Å²) in [6, 6.07) is 0. The molecule has 2 aliphatic heterocycles. The molecular formula is MoO2S2. The van der Waals surface area contributed by atoms with Crippen LogP contribution in [0, 0.1) is 0 Å². The summed E-state index contributed by atoms with van der Waals surface area (Å²) >= 11 is -1.69. The first-order chi connectivity index (χ1) is 2.41. The van der Waals surface area contributed by atoms with Gasteiger partial charge in [-0.1, -0.05) is 0 Å². The first kappa shape index (κ1) is 3.33. The molecule has 2 rings (SSSR count). The third-order valence-corrected chi connectivity index (χ3v) is 10.3. The molecule has 0 aliphatic carbocycles. The second kappa shape index (κ2) is 0.771. The van der Waals surface area contributed by atoms with Crippen LogP contribution in [-0.2, 0) is 19.9 Å². The minimum absolute atomic E-state index is 1.57. The predicted molar refractivity (Wildman–Crippen MR) is 17.4 cm³/mol. The molecule has 0 aromatic heterocycles. The van der Waals surface area contributed by atoms with Crippen molar-refractivity contribution in [3.63, 3.8) is 0 Å². The maximum absolute atomic E-state index is 4.85. The summed E-state index contributed by atoms with van der Waals surface area (Å²) in [5.74, 6) is 0. The molecule has 0 bridgehead atoms. The van der Waals surface area contributed by atoms with Gasteiger partial charge < -0.3 is 0 Å². The van der Waals surface area contributed by atoms with Crippen LogP contribution in [0.25, 0.3) is 0 Å². The number of rotatable bonds is 0. The van der Waals surface area contributed by atoms with Crippen LogP contribution < -0.4 is 0 Å². The van der Waals surface area contributed by atoms with Crippen molar-refractivity contribution in [2.24, 2.45) is 0 Å². The van der Waals surface area contributed by atoms with Crippen LogP contribution in [0.2, 0.25) is 0 Å². The Morgan fingerprint density at radius 2 is 1.60 bits per heavy atom. The van der Waals surface area contributed by atoms with E-state index in [4.69, 9.17) is 5.67 Å². The van der Waals surface area contributed by atoms with Crippen LogP contribution >= 0.6 is 19.5 Å². The summed E-state index contributed by atoms with van der Waals surface area (Å²) in [4.78, 5) is 0. The van der Waals surface area contributed by atoms with Crippen molar-refractivity contribution < 1.29 is 19.9 Å². The van der Waals surface area contributed by atoms with Crippen LogP contribution in [-0.4, -0.2) is 0 Å². The normalized spacial score (nSPS) is 44.8. The van der Waals surface area contributed by atoms with E-state index in [0.29, 0.717) is 0 Å². The van der Waals surface area contributed by atoms with Crippen molar-refractivity contribution in [2.75, 3.05) is 0 Å². The molecule has 2 heterocycles. The molecule has 2 saturated heterocycles. The second-order valence-corrected chi connectivity index (χ2v) is 13.7. The number of hydrogen-bond donors (Lipinski definition) is 0. The molecule has 2 aliphatic rings. The van der Waals surface area contributed by atoms with Gasteiger partial charge in [0.15, 0.2) is 0 Å². The molecule has 0 unspecified atom stereocenters. The van der Waals surface area contributed by atoms with Gasteiger partial charge in [-0.05, 0) is 0 Å². The van der Waals surface area contributed by atoms with Crippen molar-refractivity contribution in [3.8, 4) is 0 Å². The van der Waals surface area contributed by atoms with Crippen molar-refractivity contribution in [1.82, 2.24) is 0 Å². The van der Waals surface area contributed by atoms with Gasteiger partial charge in [0.2, 0.25) is 0 Å². The minimum atomic E-state index is -1.69. The third-order valence-electron chi connectivity index (χ3n) is 0.358. The molecule has 0 atom stereocenters. The van der Waals surface area contributed by atoms with Crippen LogP contribution in [0.4, 0.5) is 0 Å². The molecule has 2 fully saturated rings. The van der Waals surface area contributed by atoms with Crippen molar-refractivity contribution in [3.05, 3.63) is 0 Å². The summed E-state index contributed by atoms with van der Waals surface area (Å²) in [5, 5.41) is 0. The molecule has 0 radical (unpaired) electrons. The average Bonchev–Trinajstić information content (AvgIpc) is 2.17. The van der Waals surface area contributed by atoms with E-state index in [1.807, 2.05) is 0 Å². The zero-order valence-electron chi connectivity index (χ0n) is 2.04. The first-order valence-electron chi connectivity index (χ1n) is 1.00. The van der Waals surface area contributed by atoms with Gasteiger partial charge in [-0.2, -0.15) is 0 Å². The van der Waals surface area contributed by atoms with Gasteiger partial charge in [0.25, 0.3) is 0 Å². The zero-order valence-corrected chi connectivity index (χ0v) is 5.68. The Morgan fingerprint density at radius 1 is 1.20 bits per heavy atom. The SMILES string of the molecule is [O]1[S][Mo]12[O][S]2. The molecule has 0 N–H and O–H groups in total. The Hall–Kier alpha value is 1.31. The second-order valence-electron chi connectivity index (χ2n) is 0.680. The Bertz CT molecular complexity index is 50.5. The van der Waals surface area contributed by atoms with E-state index >= 15 is 0 Å². The Balaban J connectivity index is 2.30. The van der Waals surface area contributed by atoms with Crippen LogP contribution in [0.15, 0.2) is 0 Å². The molecule has 0 saturated carbocycles. The van der Waals surface area contributed by atoms with Crippen molar-refractivity contribution >= 4 is 19.5 Å². The van der Waals surface area contributed by atoms with Gasteiger partial charge in [-0.3, -0.25) is 0 Å². The van der Waals surface area contributed by atoms with Gasteiger partial charge in [0.05, 0.1) is 0 Å². The molecule has 5 heavy (non-hydrogen) atoms. The van der Waals surface area contributed by atoms with E-state index in [9.17, 15) is 0 Å². The Morgan fingerprint density at radius 3 is 1.60 bits per heavy atom. The molecule has 0 aromatic carbocycles. The fraction of sp³-hybridized carbons (Fsp3) is 0. The van der Waals surface area contributed by atoms with E-state index < -0.39 is 14.3 Å². The summed E-state index contributed by atoms with van der Waals surface area (Å²) in [5.41, 5.74) is 0. The molecule has 0 amide bonds. The fourth-order valence-corrected chi connectivity index (χ4v) is 11.9. The summed E-state index contributed by atoms with van der Waals surface area (Å²) in [7, 11) is 3.13. The predicted octanol–water partition coefficient (Wildman–Crippen LogP) is 1.16. The molecule has 1 spiro atoms. The molecule has 2 nitrogen and oxygen atoms in total. The average molecular weight is 192 g/mol. The van der Waals surface area contributed by atoms with Crippen LogP contribution in [0.1, 0.15) is 0 Å². The van der Waals surface area contributed by atoms with Gasteiger partial charge in [0.1, 0.15) is 0 Å². The van der Waals surface area contributed by atoms with E-state index in [-0.39, 0.29) is 0 Å². The fourth-order valence-electron chi connectivity index (χ4n) is 0.0907. The molecule has 30 valence electrons. The zero-order chi connectivity index (χ0) is 3.33. The van der Waals surface area contributed by atoms with E-state index in [1.54, 1.807) is 19.5 Å². The first-order valence-corrected chi connectivity index (χ1v) is 8.89. The molecule has 0 aromatic rings. The van der Waals surface area contributed by atoms with Gasteiger partial charge in [-0.25, -0.2) is 0 Å². The summed E-state index contributed by atoms with van der Waals surface area (Å²) in [6.45, 7) is 0.